The van der Waals surface area contributed by atoms with E-state index in [1.54, 1.807) is 27.0 Å². The van der Waals surface area contributed by atoms with Crippen molar-refractivity contribution in [1.29, 1.82) is 0 Å². The van der Waals surface area contributed by atoms with E-state index in [1.165, 1.54) is 9.47 Å². The molecular weight excluding hydrogens is 447 g/mol. The van der Waals surface area contributed by atoms with Gasteiger partial charge in [0.25, 0.3) is 5.56 Å². The second kappa shape index (κ2) is 8.48. The third-order valence-corrected chi connectivity index (χ3v) is 5.98. The van der Waals surface area contributed by atoms with E-state index in [0.29, 0.717) is 16.9 Å². The van der Waals surface area contributed by atoms with E-state index >= 15 is 0 Å². The molecule has 0 unspecified atom stereocenters. The van der Waals surface area contributed by atoms with Crippen LogP contribution in [0.1, 0.15) is 29.5 Å². The number of amides is 2. The molecule has 176 valence electrons. The molecule has 4 rings (SSSR count). The molecular formula is C25H22F3N3O3. The van der Waals surface area contributed by atoms with Gasteiger partial charge in [0.1, 0.15) is 6.54 Å². The van der Waals surface area contributed by atoms with Crippen LogP contribution in [-0.4, -0.2) is 22.9 Å². The van der Waals surface area contributed by atoms with Crippen LogP contribution in [0.3, 0.4) is 0 Å². The maximum absolute atomic E-state index is 13.5. The van der Waals surface area contributed by atoms with Gasteiger partial charge in [-0.05, 0) is 49.7 Å². The van der Waals surface area contributed by atoms with Crippen molar-refractivity contribution in [3.8, 4) is 11.3 Å². The van der Waals surface area contributed by atoms with Gasteiger partial charge < -0.3 is 14.8 Å². The van der Waals surface area contributed by atoms with Gasteiger partial charge in [0.05, 0.1) is 22.9 Å². The summed E-state index contributed by atoms with van der Waals surface area (Å²) in [5.74, 6) is -1.49. The summed E-state index contributed by atoms with van der Waals surface area (Å²) in [5, 5.41) is 2.55. The van der Waals surface area contributed by atoms with Crippen LogP contribution >= 0.6 is 0 Å². The van der Waals surface area contributed by atoms with Crippen molar-refractivity contribution >= 4 is 23.2 Å². The van der Waals surface area contributed by atoms with Crippen LogP contribution in [0.4, 0.5) is 24.5 Å². The third-order valence-electron chi connectivity index (χ3n) is 5.98. The van der Waals surface area contributed by atoms with Crippen molar-refractivity contribution in [3.63, 3.8) is 0 Å². The van der Waals surface area contributed by atoms with Crippen LogP contribution in [-0.2, 0) is 22.8 Å². The number of pyridine rings is 1. The number of rotatable bonds is 3. The maximum Gasteiger partial charge on any atom is 0.416 e. The highest BCUT2D eigenvalue weighted by Crippen LogP contribution is 2.40. The highest BCUT2D eigenvalue weighted by Gasteiger charge is 2.34. The molecule has 1 aromatic heterocycles. The molecule has 0 radical (unpaired) electrons. The largest absolute Gasteiger partial charge is 0.416 e. The number of aromatic nitrogens is 1. The predicted molar refractivity (Wildman–Crippen MR) is 123 cm³/mol. The van der Waals surface area contributed by atoms with Crippen molar-refractivity contribution in [2.45, 2.75) is 25.9 Å². The second-order valence-corrected chi connectivity index (χ2v) is 8.28. The lowest BCUT2D eigenvalue weighted by Crippen LogP contribution is -2.40. The Morgan fingerprint density at radius 1 is 1.06 bits per heavy atom. The van der Waals surface area contributed by atoms with Crippen LogP contribution in [0.2, 0.25) is 0 Å². The first kappa shape index (κ1) is 23.3. The monoisotopic (exact) mass is 469 g/mol. The highest BCUT2D eigenvalue weighted by atomic mass is 19.4. The smallest absolute Gasteiger partial charge is 0.325 e. The summed E-state index contributed by atoms with van der Waals surface area (Å²) < 4.78 is 39.9. The van der Waals surface area contributed by atoms with E-state index in [-0.39, 0.29) is 23.7 Å². The fraction of sp³-hybridized carbons (Fsp3) is 0.240. The Balaban J connectivity index is 1.72. The lowest BCUT2D eigenvalue weighted by atomic mass is 9.94. The minimum Gasteiger partial charge on any atom is -0.325 e. The van der Waals surface area contributed by atoms with Gasteiger partial charge in [0, 0.05) is 23.9 Å². The number of nitrogens with one attached hydrogen (secondary N) is 1. The molecule has 2 heterocycles. The summed E-state index contributed by atoms with van der Waals surface area (Å²) in [6, 6.07) is 12.9. The summed E-state index contributed by atoms with van der Waals surface area (Å²) in [5.41, 5.74) is 1.94. The number of aryl methyl sites for hydroxylation is 1. The lowest BCUT2D eigenvalue weighted by Gasteiger charge is -2.25. The Morgan fingerprint density at radius 3 is 2.35 bits per heavy atom. The number of nitrogens with zero attached hydrogens (tertiary/aromatic N) is 2. The quantitative estimate of drug-likeness (QED) is 0.616. The summed E-state index contributed by atoms with van der Waals surface area (Å²) >= 11 is 0. The molecule has 0 spiro atoms. The fourth-order valence-corrected chi connectivity index (χ4v) is 4.22. The van der Waals surface area contributed by atoms with Gasteiger partial charge >= 0.3 is 6.18 Å². The van der Waals surface area contributed by atoms with Crippen molar-refractivity contribution in [3.05, 3.63) is 81.6 Å². The summed E-state index contributed by atoms with van der Waals surface area (Å²) in [6.45, 7) is 3.00. The van der Waals surface area contributed by atoms with Gasteiger partial charge in [-0.3, -0.25) is 14.4 Å². The molecule has 0 bridgehead atoms. The van der Waals surface area contributed by atoms with Gasteiger partial charge in [-0.15, -0.1) is 0 Å². The first-order chi connectivity index (χ1) is 16.0. The zero-order valence-corrected chi connectivity index (χ0v) is 18.7. The zero-order chi connectivity index (χ0) is 24.8. The predicted octanol–water partition coefficient (Wildman–Crippen LogP) is 4.47. The summed E-state index contributed by atoms with van der Waals surface area (Å²) in [7, 11) is 1.62. The zero-order valence-electron chi connectivity index (χ0n) is 18.7. The normalized spacial score (nSPS) is 15.4. The van der Waals surface area contributed by atoms with Gasteiger partial charge in [-0.2, -0.15) is 13.2 Å². The Morgan fingerprint density at radius 2 is 1.71 bits per heavy atom. The van der Waals surface area contributed by atoms with E-state index in [9.17, 15) is 27.6 Å². The number of carbonyl (C=O) groups excluding carboxylic acids is 2. The molecule has 6 nitrogen and oxygen atoms in total. The fourth-order valence-electron chi connectivity index (χ4n) is 4.22. The maximum atomic E-state index is 13.5. The third kappa shape index (κ3) is 4.09. The molecule has 2 amide bonds. The number of halogens is 3. The minimum absolute atomic E-state index is 0.175. The molecule has 1 aliphatic rings. The Bertz CT molecular complexity index is 1340. The number of hydrogen-bond acceptors (Lipinski definition) is 3. The number of carbonyl (C=O) groups is 2. The minimum atomic E-state index is -4.48. The topological polar surface area (TPSA) is 71.4 Å². The number of hydrogen-bond donors (Lipinski definition) is 1. The Hall–Kier alpha value is -3.88. The van der Waals surface area contributed by atoms with Crippen LogP contribution in [0.5, 0.6) is 0 Å². The van der Waals surface area contributed by atoms with Gasteiger partial charge in [-0.25, -0.2) is 0 Å². The van der Waals surface area contributed by atoms with Crippen LogP contribution in [0, 0.1) is 6.92 Å². The first-order valence-electron chi connectivity index (χ1n) is 10.6. The average Bonchev–Trinajstić information content (AvgIpc) is 2.87. The van der Waals surface area contributed by atoms with E-state index in [2.05, 4.69) is 5.32 Å². The number of fused-ring (bicyclic) bond motifs is 3. The summed E-state index contributed by atoms with van der Waals surface area (Å²) in [4.78, 5) is 40.3. The van der Waals surface area contributed by atoms with E-state index in [1.807, 2.05) is 24.3 Å². The Kier molecular flexibility index (Phi) is 5.80. The molecule has 3 aromatic rings. The Labute approximate surface area is 193 Å². The number of anilines is 2. The number of alkyl halides is 3. The molecule has 1 N–H and O–H groups in total. The van der Waals surface area contributed by atoms with E-state index < -0.39 is 23.6 Å². The van der Waals surface area contributed by atoms with Crippen molar-refractivity contribution in [1.82, 2.24) is 4.57 Å². The summed E-state index contributed by atoms with van der Waals surface area (Å²) in [6.07, 6.45) is -4.48. The number of benzene rings is 2. The average molecular weight is 469 g/mol. The molecule has 0 aliphatic carbocycles. The first-order valence-corrected chi connectivity index (χ1v) is 10.6. The molecule has 9 heteroatoms. The van der Waals surface area contributed by atoms with E-state index in [4.69, 9.17) is 0 Å². The van der Waals surface area contributed by atoms with Crippen molar-refractivity contribution in [2.24, 2.45) is 7.05 Å². The molecule has 0 saturated heterocycles. The van der Waals surface area contributed by atoms with Gasteiger partial charge in [-0.1, -0.05) is 24.3 Å². The van der Waals surface area contributed by atoms with Crippen molar-refractivity contribution in [2.75, 3.05) is 16.8 Å². The highest BCUT2D eigenvalue weighted by molar-refractivity contribution is 6.09. The van der Waals surface area contributed by atoms with Crippen LogP contribution in [0.15, 0.2) is 59.4 Å². The van der Waals surface area contributed by atoms with Crippen LogP contribution in [0.25, 0.3) is 11.3 Å². The molecule has 1 aliphatic heterocycles. The van der Waals surface area contributed by atoms with E-state index in [0.717, 1.165) is 35.4 Å². The van der Waals surface area contributed by atoms with Crippen LogP contribution < -0.4 is 15.8 Å². The van der Waals surface area contributed by atoms with Gasteiger partial charge in [0.2, 0.25) is 11.8 Å². The molecule has 2 aromatic carbocycles. The second-order valence-electron chi connectivity index (χ2n) is 8.28. The molecule has 34 heavy (non-hydrogen) atoms. The lowest BCUT2D eigenvalue weighted by molar-refractivity contribution is -0.137. The molecule has 0 fully saturated rings. The van der Waals surface area contributed by atoms with Crippen molar-refractivity contribution < 1.29 is 22.8 Å². The standard InChI is InChI=1S/C25H22F3N3O3/c1-14-12-20-22(30(3)23(14)33)19-7-5-4-6-18(19)15(2)24(34)31(20)13-21(32)29-17-10-8-16(9-11-17)25(26,27)28/h4-12,15H,13H2,1-3H3,(H,29,32)/t15-/m1/s1. The SMILES string of the molecule is Cc1cc2c(n(C)c1=O)-c1ccccc1[C@@H](C)C(=O)N2CC(=O)Nc1ccc(C(F)(F)F)cc1. The van der Waals surface area contributed by atoms with Gasteiger partial charge in [0.15, 0.2) is 0 Å². The molecule has 0 saturated carbocycles. The molecule has 1 atom stereocenters.